The Kier molecular flexibility index (Phi) is 6.87. The van der Waals surface area contributed by atoms with Gasteiger partial charge in [-0.2, -0.15) is 5.10 Å². The normalized spacial score (nSPS) is 10.8. The number of aromatic nitrogens is 1. The van der Waals surface area contributed by atoms with Gasteiger partial charge in [-0.3, -0.25) is 4.79 Å². The lowest BCUT2D eigenvalue weighted by atomic mass is 10.1. The quantitative estimate of drug-likeness (QED) is 0.361. The maximum absolute atomic E-state index is 12.1. The van der Waals surface area contributed by atoms with E-state index < -0.39 is 0 Å². The van der Waals surface area contributed by atoms with Gasteiger partial charge in [0.05, 0.1) is 32.4 Å². The van der Waals surface area contributed by atoms with Gasteiger partial charge in [0.15, 0.2) is 0 Å². The lowest BCUT2D eigenvalue weighted by Crippen LogP contribution is -2.19. The first-order valence-electron chi connectivity index (χ1n) is 9.75. The van der Waals surface area contributed by atoms with Crippen molar-refractivity contribution in [3.05, 3.63) is 82.7 Å². The molecule has 0 atom stereocenters. The molecule has 2 aromatic carbocycles. The Bertz CT molecular complexity index is 1100. The maximum atomic E-state index is 12.1. The van der Waals surface area contributed by atoms with Crippen LogP contribution in [0.4, 0.5) is 0 Å². The smallest absolute Gasteiger partial charge is 0.337 e. The van der Waals surface area contributed by atoms with Crippen LogP contribution in [0.2, 0.25) is 0 Å². The van der Waals surface area contributed by atoms with Crippen molar-refractivity contribution in [2.45, 2.75) is 20.3 Å². The first-order valence-corrected chi connectivity index (χ1v) is 9.75. The van der Waals surface area contributed by atoms with Crippen LogP contribution in [0.1, 0.15) is 32.9 Å². The Labute approximate surface area is 181 Å². The zero-order chi connectivity index (χ0) is 22.4. The number of carbonyl (C=O) groups excluding carboxylic acids is 2. The van der Waals surface area contributed by atoms with Crippen molar-refractivity contribution in [3.8, 4) is 11.4 Å². The third kappa shape index (κ3) is 5.19. The molecule has 1 amide bonds. The predicted molar refractivity (Wildman–Crippen MR) is 119 cm³/mol. The molecule has 7 heteroatoms. The van der Waals surface area contributed by atoms with Gasteiger partial charge in [-0.15, -0.1) is 0 Å². The fourth-order valence-electron chi connectivity index (χ4n) is 3.32. The van der Waals surface area contributed by atoms with E-state index in [1.54, 1.807) is 25.5 Å². The van der Waals surface area contributed by atoms with Crippen LogP contribution in [0, 0.1) is 13.8 Å². The molecular formula is C24H25N3O4. The Morgan fingerprint density at radius 1 is 1.03 bits per heavy atom. The highest BCUT2D eigenvalue weighted by Crippen LogP contribution is 2.20. The predicted octanol–water partition coefficient (Wildman–Crippen LogP) is 3.58. The number of hydrogen-bond donors (Lipinski definition) is 1. The van der Waals surface area contributed by atoms with Gasteiger partial charge in [0.1, 0.15) is 5.75 Å². The molecule has 0 unspecified atom stereocenters. The molecule has 0 bridgehead atoms. The summed E-state index contributed by atoms with van der Waals surface area (Å²) in [4.78, 5) is 23.8. The number of methoxy groups -OCH3 is 2. The highest BCUT2D eigenvalue weighted by Gasteiger charge is 2.11. The zero-order valence-corrected chi connectivity index (χ0v) is 18.0. The van der Waals surface area contributed by atoms with Crippen LogP contribution >= 0.6 is 0 Å². The van der Waals surface area contributed by atoms with E-state index in [2.05, 4.69) is 15.1 Å². The van der Waals surface area contributed by atoms with E-state index in [4.69, 9.17) is 9.47 Å². The molecule has 3 rings (SSSR count). The van der Waals surface area contributed by atoms with Crippen LogP contribution in [0.5, 0.6) is 5.75 Å². The largest absolute Gasteiger partial charge is 0.497 e. The molecule has 0 aliphatic heterocycles. The van der Waals surface area contributed by atoms with Gasteiger partial charge in [0.25, 0.3) is 0 Å². The number of nitrogens with one attached hydrogen (secondary N) is 1. The number of carbonyl (C=O) groups is 2. The van der Waals surface area contributed by atoms with Crippen LogP contribution in [-0.4, -0.2) is 36.9 Å². The first-order chi connectivity index (χ1) is 14.9. The van der Waals surface area contributed by atoms with E-state index in [1.807, 2.05) is 56.3 Å². The summed E-state index contributed by atoms with van der Waals surface area (Å²) in [5.41, 5.74) is 7.73. The number of rotatable bonds is 7. The summed E-state index contributed by atoms with van der Waals surface area (Å²) in [6.45, 7) is 3.96. The van der Waals surface area contributed by atoms with Crippen molar-refractivity contribution in [2.75, 3.05) is 14.2 Å². The van der Waals surface area contributed by atoms with Crippen LogP contribution in [-0.2, 0) is 16.0 Å². The van der Waals surface area contributed by atoms with Crippen LogP contribution in [0.25, 0.3) is 5.69 Å². The number of hydrogen-bond acceptors (Lipinski definition) is 5. The average Bonchev–Trinajstić information content (AvgIpc) is 3.06. The fraction of sp³-hybridized carbons (Fsp3) is 0.208. The number of benzene rings is 2. The molecule has 0 saturated carbocycles. The van der Waals surface area contributed by atoms with Gasteiger partial charge in [0.2, 0.25) is 5.91 Å². The highest BCUT2D eigenvalue weighted by molar-refractivity contribution is 5.89. The standard InChI is InChI=1S/C24H25N3O4/c1-16-13-20(15-25-26-23(28)14-18-5-11-22(30-3)12-6-18)17(2)27(16)21-9-7-19(8-10-21)24(29)31-4/h5-13,15H,14H2,1-4H3,(H,26,28)/b25-15-. The lowest BCUT2D eigenvalue weighted by molar-refractivity contribution is -0.120. The van der Waals surface area contributed by atoms with Gasteiger partial charge >= 0.3 is 5.97 Å². The van der Waals surface area contributed by atoms with Gasteiger partial charge in [0, 0.05) is 22.6 Å². The third-order valence-electron chi connectivity index (χ3n) is 4.93. The third-order valence-corrected chi connectivity index (χ3v) is 4.93. The van der Waals surface area contributed by atoms with E-state index in [0.29, 0.717) is 5.56 Å². The molecular weight excluding hydrogens is 394 g/mol. The maximum Gasteiger partial charge on any atom is 0.337 e. The van der Waals surface area contributed by atoms with Crippen molar-refractivity contribution < 1.29 is 19.1 Å². The van der Waals surface area contributed by atoms with Gasteiger partial charge < -0.3 is 14.0 Å². The van der Waals surface area contributed by atoms with Crippen LogP contribution in [0.15, 0.2) is 59.7 Å². The Morgan fingerprint density at radius 3 is 2.32 bits per heavy atom. The van der Waals surface area contributed by atoms with E-state index in [-0.39, 0.29) is 18.3 Å². The van der Waals surface area contributed by atoms with Crippen LogP contribution < -0.4 is 10.2 Å². The van der Waals surface area contributed by atoms with E-state index in [1.165, 1.54) is 7.11 Å². The number of ether oxygens (including phenoxy) is 2. The summed E-state index contributed by atoms with van der Waals surface area (Å²) in [5, 5.41) is 4.11. The summed E-state index contributed by atoms with van der Waals surface area (Å²) in [5.74, 6) is 0.178. The minimum Gasteiger partial charge on any atom is -0.497 e. The van der Waals surface area contributed by atoms with Crippen molar-refractivity contribution in [1.82, 2.24) is 9.99 Å². The number of nitrogens with zero attached hydrogens (tertiary/aromatic N) is 2. The Morgan fingerprint density at radius 2 is 1.71 bits per heavy atom. The molecule has 3 aromatic rings. The molecule has 0 spiro atoms. The summed E-state index contributed by atoms with van der Waals surface area (Å²) >= 11 is 0. The van der Waals surface area contributed by atoms with E-state index in [0.717, 1.165) is 34.0 Å². The van der Waals surface area contributed by atoms with Crippen molar-refractivity contribution in [1.29, 1.82) is 0 Å². The second-order valence-electron chi connectivity index (χ2n) is 7.02. The molecule has 0 aliphatic carbocycles. The van der Waals surface area contributed by atoms with Gasteiger partial charge in [-0.05, 0) is 61.9 Å². The second kappa shape index (κ2) is 9.75. The zero-order valence-electron chi connectivity index (χ0n) is 18.0. The lowest BCUT2D eigenvalue weighted by Gasteiger charge is -2.10. The highest BCUT2D eigenvalue weighted by atomic mass is 16.5. The number of hydrazone groups is 1. The van der Waals surface area contributed by atoms with E-state index >= 15 is 0 Å². The Balaban J connectivity index is 1.67. The molecule has 160 valence electrons. The number of esters is 1. The average molecular weight is 419 g/mol. The SMILES string of the molecule is COC(=O)c1ccc(-n2c(C)cc(/C=N\NC(=O)Cc3ccc(OC)cc3)c2C)cc1. The summed E-state index contributed by atoms with van der Waals surface area (Å²) < 4.78 is 11.9. The number of amides is 1. The van der Waals surface area contributed by atoms with Crippen molar-refractivity contribution in [2.24, 2.45) is 5.10 Å². The molecule has 1 N–H and O–H groups in total. The summed E-state index contributed by atoms with van der Waals surface area (Å²) in [6.07, 6.45) is 1.86. The Hall–Kier alpha value is -3.87. The van der Waals surface area contributed by atoms with E-state index in [9.17, 15) is 9.59 Å². The minimum atomic E-state index is -0.370. The minimum absolute atomic E-state index is 0.200. The summed E-state index contributed by atoms with van der Waals surface area (Å²) in [7, 11) is 2.96. The van der Waals surface area contributed by atoms with Crippen molar-refractivity contribution in [3.63, 3.8) is 0 Å². The molecule has 0 fully saturated rings. The molecule has 0 aliphatic rings. The molecule has 1 heterocycles. The topological polar surface area (TPSA) is 81.9 Å². The van der Waals surface area contributed by atoms with Gasteiger partial charge in [-0.25, -0.2) is 10.2 Å². The molecule has 0 saturated heterocycles. The van der Waals surface area contributed by atoms with Crippen molar-refractivity contribution >= 4 is 18.1 Å². The number of aryl methyl sites for hydroxylation is 1. The second-order valence-corrected chi connectivity index (χ2v) is 7.02. The van der Waals surface area contributed by atoms with Crippen LogP contribution in [0.3, 0.4) is 0 Å². The molecule has 0 radical (unpaired) electrons. The molecule has 31 heavy (non-hydrogen) atoms. The molecule has 1 aromatic heterocycles. The van der Waals surface area contributed by atoms with Gasteiger partial charge in [-0.1, -0.05) is 12.1 Å². The monoisotopic (exact) mass is 419 g/mol. The first kappa shape index (κ1) is 21.8. The fourth-order valence-corrected chi connectivity index (χ4v) is 3.32. The summed E-state index contributed by atoms with van der Waals surface area (Å²) in [6, 6.07) is 16.5. The molecule has 7 nitrogen and oxygen atoms in total.